The smallest absolute Gasteiger partial charge is 0.218 e. The van der Waals surface area contributed by atoms with E-state index in [0.717, 1.165) is 6.07 Å². The Labute approximate surface area is 188 Å². The summed E-state index contributed by atoms with van der Waals surface area (Å²) in [6.07, 6.45) is -1.59. The van der Waals surface area contributed by atoms with Crippen LogP contribution in [-0.2, 0) is 9.47 Å². The lowest BCUT2D eigenvalue weighted by Crippen LogP contribution is -2.57. The first-order valence-corrected chi connectivity index (χ1v) is 9.90. The Bertz CT molecular complexity index is 1210. The van der Waals surface area contributed by atoms with E-state index in [1.54, 1.807) is 24.3 Å². The van der Waals surface area contributed by atoms with E-state index in [1.807, 2.05) is 18.2 Å². The summed E-state index contributed by atoms with van der Waals surface area (Å²) in [7, 11) is 1.50. The van der Waals surface area contributed by atoms with Gasteiger partial charge in [-0.25, -0.2) is 4.39 Å². The number of nitrogens with zero attached hydrogens (tertiary/aromatic N) is 3. The molecule has 2 aromatic carbocycles. The molecule has 2 aliphatic heterocycles. The number of hydrogen-bond acceptors (Lipinski definition) is 7. The van der Waals surface area contributed by atoms with Gasteiger partial charge in [-0.1, -0.05) is 29.8 Å². The van der Waals surface area contributed by atoms with Crippen molar-refractivity contribution in [3.05, 3.63) is 64.4 Å². The number of rotatable bonds is 3. The highest BCUT2D eigenvalue weighted by Crippen LogP contribution is 2.69. The maximum Gasteiger partial charge on any atom is 0.218 e. The van der Waals surface area contributed by atoms with E-state index >= 15 is 0 Å². The van der Waals surface area contributed by atoms with E-state index in [1.165, 1.54) is 26.2 Å². The molecule has 0 saturated carbocycles. The van der Waals surface area contributed by atoms with Gasteiger partial charge in [-0.05, 0) is 29.8 Å². The number of ether oxygens (including phenoxy) is 3. The van der Waals surface area contributed by atoms with Crippen LogP contribution in [0.3, 0.4) is 0 Å². The second-order valence-electron chi connectivity index (χ2n) is 7.74. The molecule has 160 valence electrons. The highest BCUT2D eigenvalue weighted by atomic mass is 35.5. The van der Waals surface area contributed by atoms with Gasteiger partial charge in [0.15, 0.2) is 5.41 Å². The van der Waals surface area contributed by atoms with E-state index < -0.39 is 40.4 Å². The molecule has 2 aliphatic rings. The molecule has 0 amide bonds. The first-order valence-electron chi connectivity index (χ1n) is 9.52. The van der Waals surface area contributed by atoms with E-state index in [4.69, 9.17) is 31.2 Å². The van der Waals surface area contributed by atoms with Gasteiger partial charge in [0, 0.05) is 17.5 Å². The van der Waals surface area contributed by atoms with Gasteiger partial charge < -0.3 is 14.2 Å². The van der Waals surface area contributed by atoms with Gasteiger partial charge in [-0.15, -0.1) is 0 Å². The zero-order chi connectivity index (χ0) is 23.3. The van der Waals surface area contributed by atoms with Crippen molar-refractivity contribution in [1.82, 2.24) is 0 Å². The number of fused-ring (bicyclic) bond motifs is 2. The summed E-state index contributed by atoms with van der Waals surface area (Å²) in [6.45, 7) is 1.50. The fourth-order valence-corrected chi connectivity index (χ4v) is 5.06. The molecule has 9 heteroatoms. The maximum absolute atomic E-state index is 14.9. The Kier molecular flexibility index (Phi) is 4.86. The first kappa shape index (κ1) is 21.6. The monoisotopic (exact) mass is 450 g/mol. The SMILES string of the molecule is COc1ccc(C2C3(C)OC(=N)C2(C#N)C(C#N)(C#N)C(c2c(F)cccc2Cl)O3)cc1. The maximum atomic E-state index is 14.9. The van der Waals surface area contributed by atoms with Crippen LogP contribution in [-0.4, -0.2) is 18.8 Å². The summed E-state index contributed by atoms with van der Waals surface area (Å²) in [5.41, 5.74) is -4.20. The average Bonchev–Trinajstić information content (AvgIpc) is 2.97. The summed E-state index contributed by atoms with van der Waals surface area (Å²) in [4.78, 5) is 0. The van der Waals surface area contributed by atoms with E-state index in [-0.39, 0.29) is 10.6 Å². The van der Waals surface area contributed by atoms with Crippen LogP contribution < -0.4 is 4.74 Å². The van der Waals surface area contributed by atoms with Gasteiger partial charge in [-0.3, -0.25) is 5.41 Å². The minimum atomic E-state index is -2.34. The Morgan fingerprint density at radius 3 is 2.28 bits per heavy atom. The van der Waals surface area contributed by atoms with Gasteiger partial charge in [0.2, 0.25) is 17.1 Å². The number of benzene rings is 2. The summed E-state index contributed by atoms with van der Waals surface area (Å²) in [5, 5.41) is 39.4. The van der Waals surface area contributed by atoms with Gasteiger partial charge >= 0.3 is 0 Å². The van der Waals surface area contributed by atoms with E-state index in [0.29, 0.717) is 11.3 Å². The summed E-state index contributed by atoms with van der Waals surface area (Å²) >= 11 is 6.25. The van der Waals surface area contributed by atoms with Gasteiger partial charge in [0.05, 0.1) is 31.2 Å². The average molecular weight is 451 g/mol. The van der Waals surface area contributed by atoms with Crippen molar-refractivity contribution in [3.8, 4) is 24.0 Å². The third-order valence-corrected chi connectivity index (χ3v) is 6.56. The summed E-state index contributed by atoms with van der Waals surface area (Å²) < 4.78 is 31.9. The third-order valence-electron chi connectivity index (χ3n) is 6.23. The lowest BCUT2D eigenvalue weighted by Gasteiger charge is -2.49. The van der Waals surface area contributed by atoms with Crippen molar-refractivity contribution in [2.75, 3.05) is 7.11 Å². The van der Waals surface area contributed by atoms with Crippen molar-refractivity contribution < 1.29 is 18.6 Å². The molecular weight excluding hydrogens is 435 g/mol. The standard InChI is InChI=1S/C23H16ClFN4O3/c1-21-18(13-6-8-14(30-2)9-7-13)23(12-28,20(29)32-21)22(10-26,11-27)19(31-21)17-15(24)4-3-5-16(17)25/h3-9,18-19,29H,1-2H3. The van der Waals surface area contributed by atoms with E-state index in [2.05, 4.69) is 0 Å². The molecule has 32 heavy (non-hydrogen) atoms. The molecular formula is C23H16ClFN4O3. The molecule has 0 radical (unpaired) electrons. The Hall–Kier alpha value is -3.64. The lowest BCUT2D eigenvalue weighted by molar-refractivity contribution is -0.254. The number of nitrogens with one attached hydrogen (secondary N) is 1. The van der Waals surface area contributed by atoms with Gasteiger partial charge in [0.1, 0.15) is 17.7 Å². The van der Waals surface area contributed by atoms with Crippen molar-refractivity contribution in [3.63, 3.8) is 0 Å². The Balaban J connectivity index is 2.04. The molecule has 0 aliphatic carbocycles. The Morgan fingerprint density at radius 2 is 1.75 bits per heavy atom. The summed E-state index contributed by atoms with van der Waals surface area (Å²) in [5.74, 6) is -3.55. The zero-order valence-corrected chi connectivity index (χ0v) is 17.8. The fraction of sp³-hybridized carbons (Fsp3) is 0.304. The molecule has 0 spiro atoms. The topological polar surface area (TPSA) is 123 Å². The number of nitriles is 3. The van der Waals surface area contributed by atoms with E-state index in [9.17, 15) is 20.2 Å². The van der Waals surface area contributed by atoms with Crippen LogP contribution >= 0.6 is 11.6 Å². The molecule has 4 rings (SSSR count). The minimum Gasteiger partial charge on any atom is -0.497 e. The number of hydrogen-bond donors (Lipinski definition) is 1. The van der Waals surface area contributed by atoms with Crippen molar-refractivity contribution in [2.45, 2.75) is 24.7 Å². The van der Waals surface area contributed by atoms with Crippen LogP contribution in [0.5, 0.6) is 5.75 Å². The van der Waals surface area contributed by atoms with Crippen LogP contribution in [0, 0.1) is 56.0 Å². The van der Waals surface area contributed by atoms with Crippen molar-refractivity contribution in [1.29, 1.82) is 21.2 Å². The lowest BCUT2D eigenvalue weighted by atomic mass is 9.52. The molecule has 1 N–H and O–H groups in total. The molecule has 2 bridgehead atoms. The second kappa shape index (κ2) is 7.21. The molecule has 2 saturated heterocycles. The van der Waals surface area contributed by atoms with Crippen LogP contribution in [0.1, 0.15) is 30.1 Å². The van der Waals surface area contributed by atoms with Crippen LogP contribution in [0.25, 0.3) is 0 Å². The molecule has 4 atom stereocenters. The molecule has 2 fully saturated rings. The van der Waals surface area contributed by atoms with Crippen molar-refractivity contribution in [2.24, 2.45) is 10.8 Å². The van der Waals surface area contributed by atoms with Crippen molar-refractivity contribution >= 4 is 17.5 Å². The highest BCUT2D eigenvalue weighted by molar-refractivity contribution is 6.31. The first-order chi connectivity index (χ1) is 15.2. The second-order valence-corrected chi connectivity index (χ2v) is 8.15. The highest BCUT2D eigenvalue weighted by Gasteiger charge is 2.80. The predicted octanol–water partition coefficient (Wildman–Crippen LogP) is 4.61. The molecule has 4 unspecified atom stereocenters. The molecule has 7 nitrogen and oxygen atoms in total. The number of methoxy groups -OCH3 is 1. The third kappa shape index (κ3) is 2.50. The predicted molar refractivity (Wildman–Crippen MR) is 110 cm³/mol. The Morgan fingerprint density at radius 1 is 1.09 bits per heavy atom. The normalized spacial score (nSPS) is 29.8. The number of halogens is 2. The van der Waals surface area contributed by atoms with Crippen LogP contribution in [0.15, 0.2) is 42.5 Å². The van der Waals surface area contributed by atoms with Gasteiger partial charge in [-0.2, -0.15) is 15.8 Å². The van der Waals surface area contributed by atoms with Crippen LogP contribution in [0.2, 0.25) is 5.02 Å². The fourth-order valence-electron chi connectivity index (χ4n) is 4.80. The molecule has 2 heterocycles. The zero-order valence-electron chi connectivity index (χ0n) is 17.0. The van der Waals surface area contributed by atoms with Crippen LogP contribution in [0.4, 0.5) is 4.39 Å². The quantitative estimate of drug-likeness (QED) is 0.728. The summed E-state index contributed by atoms with van der Waals surface area (Å²) in [6, 6.07) is 16.3. The minimum absolute atomic E-state index is 0.0737. The molecule has 0 aromatic heterocycles. The molecule has 2 aromatic rings. The van der Waals surface area contributed by atoms with Gasteiger partial charge in [0.25, 0.3) is 0 Å². The largest absolute Gasteiger partial charge is 0.497 e.